The summed E-state index contributed by atoms with van der Waals surface area (Å²) in [5, 5.41) is 2.95. The van der Waals surface area contributed by atoms with E-state index in [4.69, 9.17) is 4.74 Å². The SMILES string of the molecule is COc1ccc(S(=O)(=O)Nc2ccc(C(=O)N3CCC[C@@H](C(=O)NCC(C)C)C3)cc2)cc1. The van der Waals surface area contributed by atoms with E-state index in [0.29, 0.717) is 42.6 Å². The number of likely N-dealkylation sites (tertiary alicyclic amines) is 1. The van der Waals surface area contributed by atoms with Gasteiger partial charge in [0.1, 0.15) is 5.75 Å². The number of rotatable bonds is 8. The van der Waals surface area contributed by atoms with Crippen LogP contribution in [0.2, 0.25) is 0 Å². The largest absolute Gasteiger partial charge is 0.497 e. The summed E-state index contributed by atoms with van der Waals surface area (Å²) in [6, 6.07) is 12.4. The van der Waals surface area contributed by atoms with Gasteiger partial charge in [-0.3, -0.25) is 14.3 Å². The number of ether oxygens (including phenoxy) is 1. The normalized spacial score (nSPS) is 16.4. The van der Waals surface area contributed by atoms with Crippen molar-refractivity contribution in [3.8, 4) is 5.75 Å². The summed E-state index contributed by atoms with van der Waals surface area (Å²) in [5.74, 6) is 0.549. The average molecular weight is 474 g/mol. The van der Waals surface area contributed by atoms with E-state index < -0.39 is 10.0 Å². The van der Waals surface area contributed by atoms with Gasteiger partial charge in [0.2, 0.25) is 5.91 Å². The maximum atomic E-state index is 13.0. The molecule has 0 unspecified atom stereocenters. The average Bonchev–Trinajstić information content (AvgIpc) is 2.82. The molecule has 1 fully saturated rings. The first kappa shape index (κ1) is 24.6. The molecule has 0 saturated carbocycles. The molecule has 2 N–H and O–H groups in total. The summed E-state index contributed by atoms with van der Waals surface area (Å²) < 4.78 is 32.8. The van der Waals surface area contributed by atoms with Crippen LogP contribution in [-0.4, -0.2) is 51.9 Å². The molecule has 8 nitrogen and oxygen atoms in total. The van der Waals surface area contributed by atoms with Crippen molar-refractivity contribution in [3.05, 3.63) is 54.1 Å². The lowest BCUT2D eigenvalue weighted by Crippen LogP contribution is -2.46. The number of amides is 2. The molecule has 1 aliphatic heterocycles. The maximum absolute atomic E-state index is 13.0. The maximum Gasteiger partial charge on any atom is 0.261 e. The Labute approximate surface area is 195 Å². The summed E-state index contributed by atoms with van der Waals surface area (Å²) in [6.45, 7) is 5.68. The van der Waals surface area contributed by atoms with E-state index in [2.05, 4.69) is 10.0 Å². The number of carbonyl (C=O) groups is 2. The zero-order chi connectivity index (χ0) is 24.0. The first-order valence-corrected chi connectivity index (χ1v) is 12.5. The number of piperidine rings is 1. The van der Waals surface area contributed by atoms with Gasteiger partial charge in [-0.1, -0.05) is 13.8 Å². The first-order chi connectivity index (χ1) is 15.7. The number of nitrogens with zero attached hydrogens (tertiary/aromatic N) is 1. The quantitative estimate of drug-likeness (QED) is 0.613. The van der Waals surface area contributed by atoms with E-state index in [1.54, 1.807) is 41.3 Å². The Morgan fingerprint density at radius 1 is 1.09 bits per heavy atom. The van der Waals surface area contributed by atoms with Crippen molar-refractivity contribution in [1.82, 2.24) is 10.2 Å². The van der Waals surface area contributed by atoms with Gasteiger partial charge in [-0.15, -0.1) is 0 Å². The van der Waals surface area contributed by atoms with E-state index >= 15 is 0 Å². The molecule has 0 radical (unpaired) electrons. The third-order valence-electron chi connectivity index (χ3n) is 5.52. The van der Waals surface area contributed by atoms with Crippen LogP contribution in [0.1, 0.15) is 37.0 Å². The number of benzene rings is 2. The van der Waals surface area contributed by atoms with Crippen LogP contribution < -0.4 is 14.8 Å². The van der Waals surface area contributed by atoms with Gasteiger partial charge in [-0.2, -0.15) is 0 Å². The Bertz CT molecular complexity index is 1070. The minimum absolute atomic E-state index is 0.00973. The second-order valence-corrected chi connectivity index (χ2v) is 10.3. The monoisotopic (exact) mass is 473 g/mol. The molecule has 1 saturated heterocycles. The molecular weight excluding hydrogens is 442 g/mol. The fourth-order valence-electron chi connectivity index (χ4n) is 3.66. The standard InChI is InChI=1S/C24H31N3O5S/c1-17(2)15-25-23(28)19-5-4-14-27(16-19)24(29)18-6-8-20(9-7-18)26-33(30,31)22-12-10-21(32-3)11-13-22/h6-13,17,19,26H,4-5,14-16H2,1-3H3,(H,25,28)/t19-/m1/s1. The molecule has 178 valence electrons. The minimum Gasteiger partial charge on any atom is -0.497 e. The Morgan fingerprint density at radius 3 is 2.36 bits per heavy atom. The smallest absolute Gasteiger partial charge is 0.261 e. The molecule has 3 rings (SSSR count). The number of hydrogen-bond donors (Lipinski definition) is 2. The van der Waals surface area contributed by atoms with Gasteiger partial charge in [0.05, 0.1) is 17.9 Å². The predicted octanol–water partition coefficient (Wildman–Crippen LogP) is 3.12. The van der Waals surface area contributed by atoms with Crippen LogP contribution >= 0.6 is 0 Å². The van der Waals surface area contributed by atoms with Crippen molar-refractivity contribution in [2.45, 2.75) is 31.6 Å². The van der Waals surface area contributed by atoms with E-state index in [1.165, 1.54) is 19.2 Å². The topological polar surface area (TPSA) is 105 Å². The summed E-state index contributed by atoms with van der Waals surface area (Å²) in [5.41, 5.74) is 0.803. The molecule has 2 aromatic rings. The molecule has 2 amide bonds. The number of anilines is 1. The van der Waals surface area contributed by atoms with Crippen LogP contribution in [0.4, 0.5) is 5.69 Å². The number of carbonyl (C=O) groups excluding carboxylic acids is 2. The first-order valence-electron chi connectivity index (χ1n) is 11.0. The van der Waals surface area contributed by atoms with Crippen LogP contribution in [0.3, 0.4) is 0 Å². The molecule has 0 aromatic heterocycles. The van der Waals surface area contributed by atoms with E-state index in [9.17, 15) is 18.0 Å². The fraction of sp³-hybridized carbons (Fsp3) is 0.417. The van der Waals surface area contributed by atoms with Crippen LogP contribution in [0.5, 0.6) is 5.75 Å². The molecule has 1 aliphatic rings. The van der Waals surface area contributed by atoms with Gasteiger partial charge in [0.25, 0.3) is 15.9 Å². The van der Waals surface area contributed by atoms with Crippen LogP contribution in [0, 0.1) is 11.8 Å². The lowest BCUT2D eigenvalue weighted by Gasteiger charge is -2.32. The van der Waals surface area contributed by atoms with Gasteiger partial charge in [-0.25, -0.2) is 8.42 Å². The predicted molar refractivity (Wildman–Crippen MR) is 127 cm³/mol. The van der Waals surface area contributed by atoms with Gasteiger partial charge < -0.3 is 15.0 Å². The second kappa shape index (κ2) is 10.7. The lowest BCUT2D eigenvalue weighted by molar-refractivity contribution is -0.126. The Hall–Kier alpha value is -3.07. The van der Waals surface area contributed by atoms with Crippen molar-refractivity contribution < 1.29 is 22.7 Å². The zero-order valence-corrected chi connectivity index (χ0v) is 20.0. The minimum atomic E-state index is -3.77. The van der Waals surface area contributed by atoms with Crippen LogP contribution in [0.15, 0.2) is 53.4 Å². The molecule has 0 aliphatic carbocycles. The van der Waals surface area contributed by atoms with Crippen molar-refractivity contribution in [3.63, 3.8) is 0 Å². The molecular formula is C24H31N3O5S. The Balaban J connectivity index is 1.63. The highest BCUT2D eigenvalue weighted by atomic mass is 32.2. The summed E-state index contributed by atoms with van der Waals surface area (Å²) in [4.78, 5) is 27.2. The van der Waals surface area contributed by atoms with Gasteiger partial charge in [0.15, 0.2) is 0 Å². The van der Waals surface area contributed by atoms with Crippen molar-refractivity contribution in [1.29, 1.82) is 0 Å². The highest BCUT2D eigenvalue weighted by molar-refractivity contribution is 7.92. The molecule has 1 atom stereocenters. The highest BCUT2D eigenvalue weighted by Gasteiger charge is 2.29. The third kappa shape index (κ3) is 6.47. The number of methoxy groups -OCH3 is 1. The number of hydrogen-bond acceptors (Lipinski definition) is 5. The summed E-state index contributed by atoms with van der Waals surface area (Å²) >= 11 is 0. The Kier molecular flexibility index (Phi) is 7.97. The van der Waals surface area contributed by atoms with E-state index in [1.807, 2.05) is 13.8 Å². The lowest BCUT2D eigenvalue weighted by atomic mass is 9.96. The van der Waals surface area contributed by atoms with Crippen molar-refractivity contribution >= 4 is 27.5 Å². The zero-order valence-electron chi connectivity index (χ0n) is 19.2. The van der Waals surface area contributed by atoms with E-state index in [0.717, 1.165) is 12.8 Å². The number of sulfonamides is 1. The van der Waals surface area contributed by atoms with Crippen LogP contribution in [-0.2, 0) is 14.8 Å². The molecule has 9 heteroatoms. The fourth-order valence-corrected chi connectivity index (χ4v) is 4.72. The number of nitrogens with one attached hydrogen (secondary N) is 2. The summed E-state index contributed by atoms with van der Waals surface area (Å²) in [6.07, 6.45) is 1.53. The third-order valence-corrected chi connectivity index (χ3v) is 6.91. The molecule has 33 heavy (non-hydrogen) atoms. The molecule has 1 heterocycles. The second-order valence-electron chi connectivity index (χ2n) is 8.59. The molecule has 2 aromatic carbocycles. The van der Waals surface area contributed by atoms with Gasteiger partial charge in [-0.05, 0) is 67.3 Å². The van der Waals surface area contributed by atoms with Crippen molar-refractivity contribution in [2.75, 3.05) is 31.5 Å². The summed E-state index contributed by atoms with van der Waals surface area (Å²) in [7, 11) is -2.26. The van der Waals surface area contributed by atoms with E-state index in [-0.39, 0.29) is 22.6 Å². The van der Waals surface area contributed by atoms with Gasteiger partial charge >= 0.3 is 0 Å². The van der Waals surface area contributed by atoms with Gasteiger partial charge in [0, 0.05) is 30.9 Å². The Morgan fingerprint density at radius 2 is 1.76 bits per heavy atom. The highest BCUT2D eigenvalue weighted by Crippen LogP contribution is 2.22. The molecule has 0 spiro atoms. The van der Waals surface area contributed by atoms with Crippen LogP contribution in [0.25, 0.3) is 0 Å². The van der Waals surface area contributed by atoms with Crippen molar-refractivity contribution in [2.24, 2.45) is 11.8 Å². The molecule has 0 bridgehead atoms.